The van der Waals surface area contributed by atoms with Crippen molar-refractivity contribution in [1.82, 2.24) is 14.8 Å². The third kappa shape index (κ3) is 4.08. The summed E-state index contributed by atoms with van der Waals surface area (Å²) in [4.78, 5) is 12.3. The number of aryl methyl sites for hydroxylation is 2. The molecule has 0 aliphatic heterocycles. The molecule has 0 saturated heterocycles. The van der Waals surface area contributed by atoms with Crippen molar-refractivity contribution < 1.29 is 18.0 Å². The molecule has 9 heteroatoms. The normalized spacial score (nSPS) is 13.0. The van der Waals surface area contributed by atoms with Gasteiger partial charge in [0.25, 0.3) is 0 Å². The van der Waals surface area contributed by atoms with Crippen LogP contribution >= 0.6 is 11.8 Å². The Kier molecular flexibility index (Phi) is 5.22. The SMILES string of the molecule is Cc1ccc(C)c(NC(=O)[C@H](C)Sc2nnc(C(F)(F)F)n2C)c1. The number of benzene rings is 1. The van der Waals surface area contributed by atoms with Gasteiger partial charge in [-0.1, -0.05) is 23.9 Å². The van der Waals surface area contributed by atoms with Gasteiger partial charge in [-0.05, 0) is 38.0 Å². The number of thioether (sulfide) groups is 1. The van der Waals surface area contributed by atoms with Crippen molar-refractivity contribution in [2.45, 2.75) is 37.4 Å². The van der Waals surface area contributed by atoms with Crippen LogP contribution in [0.2, 0.25) is 0 Å². The fraction of sp³-hybridized carbons (Fsp3) is 0.400. The molecule has 0 fully saturated rings. The summed E-state index contributed by atoms with van der Waals surface area (Å²) in [7, 11) is 1.22. The second kappa shape index (κ2) is 6.84. The topological polar surface area (TPSA) is 59.8 Å². The van der Waals surface area contributed by atoms with Crippen LogP contribution in [0.15, 0.2) is 23.4 Å². The Morgan fingerprint density at radius 2 is 1.96 bits per heavy atom. The molecule has 5 nitrogen and oxygen atoms in total. The molecule has 1 aromatic heterocycles. The molecule has 1 aromatic carbocycles. The summed E-state index contributed by atoms with van der Waals surface area (Å²) in [5.74, 6) is -1.41. The summed E-state index contributed by atoms with van der Waals surface area (Å²) in [5.41, 5.74) is 2.59. The van der Waals surface area contributed by atoms with E-state index in [1.54, 1.807) is 6.92 Å². The number of carbonyl (C=O) groups is 1. The maximum absolute atomic E-state index is 12.7. The molecule has 1 N–H and O–H groups in total. The molecule has 130 valence electrons. The maximum Gasteiger partial charge on any atom is 0.451 e. The van der Waals surface area contributed by atoms with Crippen molar-refractivity contribution in [2.24, 2.45) is 7.05 Å². The number of nitrogens with zero attached hydrogens (tertiary/aromatic N) is 3. The largest absolute Gasteiger partial charge is 0.451 e. The predicted octanol–water partition coefficient (Wildman–Crippen LogP) is 3.57. The van der Waals surface area contributed by atoms with Gasteiger partial charge >= 0.3 is 6.18 Å². The number of nitrogens with one attached hydrogen (secondary N) is 1. The first kappa shape index (κ1) is 18.3. The van der Waals surface area contributed by atoms with Gasteiger partial charge in [-0.25, -0.2) is 0 Å². The van der Waals surface area contributed by atoms with Crippen LogP contribution in [-0.4, -0.2) is 25.9 Å². The van der Waals surface area contributed by atoms with E-state index in [-0.39, 0.29) is 11.1 Å². The van der Waals surface area contributed by atoms with Crippen molar-refractivity contribution in [2.75, 3.05) is 5.32 Å². The molecule has 0 aliphatic rings. The number of halogens is 3. The molecule has 0 radical (unpaired) electrons. The lowest BCUT2D eigenvalue weighted by Gasteiger charge is -2.14. The highest BCUT2D eigenvalue weighted by atomic mass is 32.2. The van der Waals surface area contributed by atoms with Crippen LogP contribution in [0.1, 0.15) is 23.9 Å². The van der Waals surface area contributed by atoms with Gasteiger partial charge in [0.2, 0.25) is 11.7 Å². The number of anilines is 1. The number of alkyl halides is 3. The zero-order chi connectivity index (χ0) is 18.1. The van der Waals surface area contributed by atoms with Gasteiger partial charge in [0.05, 0.1) is 5.25 Å². The third-order valence-electron chi connectivity index (χ3n) is 3.39. The Morgan fingerprint density at radius 1 is 1.29 bits per heavy atom. The van der Waals surface area contributed by atoms with Gasteiger partial charge in [-0.15, -0.1) is 10.2 Å². The fourth-order valence-corrected chi connectivity index (χ4v) is 2.80. The quantitative estimate of drug-likeness (QED) is 0.849. The molecule has 0 spiro atoms. The van der Waals surface area contributed by atoms with Gasteiger partial charge < -0.3 is 9.88 Å². The van der Waals surface area contributed by atoms with Crippen LogP contribution in [0.5, 0.6) is 0 Å². The van der Waals surface area contributed by atoms with E-state index in [4.69, 9.17) is 0 Å². The second-order valence-electron chi connectivity index (χ2n) is 5.43. The molecule has 0 aliphatic carbocycles. The van der Waals surface area contributed by atoms with Crippen LogP contribution < -0.4 is 5.32 Å². The van der Waals surface area contributed by atoms with E-state index in [0.29, 0.717) is 5.69 Å². The summed E-state index contributed by atoms with van der Waals surface area (Å²) in [6.07, 6.45) is -4.58. The van der Waals surface area contributed by atoms with Crippen LogP contribution in [0.25, 0.3) is 0 Å². The lowest BCUT2D eigenvalue weighted by atomic mass is 10.1. The average molecular weight is 358 g/mol. The van der Waals surface area contributed by atoms with Crippen molar-refractivity contribution in [1.29, 1.82) is 0 Å². The Hall–Kier alpha value is -2.03. The highest BCUT2D eigenvalue weighted by Gasteiger charge is 2.37. The number of amides is 1. The van der Waals surface area contributed by atoms with E-state index in [1.807, 2.05) is 32.0 Å². The Labute approximate surface area is 141 Å². The average Bonchev–Trinajstić information content (AvgIpc) is 2.84. The third-order valence-corrected chi connectivity index (χ3v) is 4.52. The molecular weight excluding hydrogens is 341 g/mol. The van der Waals surface area contributed by atoms with Crippen LogP contribution in [-0.2, 0) is 18.0 Å². The molecule has 1 amide bonds. The molecule has 1 heterocycles. The molecule has 1 atom stereocenters. The first-order valence-corrected chi connectivity index (χ1v) is 7.99. The Morgan fingerprint density at radius 3 is 2.54 bits per heavy atom. The molecule has 0 saturated carbocycles. The van der Waals surface area contributed by atoms with E-state index < -0.39 is 17.3 Å². The Balaban J connectivity index is 2.10. The molecular formula is C15H17F3N4OS. The highest BCUT2D eigenvalue weighted by molar-refractivity contribution is 8.00. The monoisotopic (exact) mass is 358 g/mol. The molecule has 0 unspecified atom stereocenters. The van der Waals surface area contributed by atoms with E-state index in [9.17, 15) is 18.0 Å². The van der Waals surface area contributed by atoms with Crippen LogP contribution in [0, 0.1) is 13.8 Å². The molecule has 0 bridgehead atoms. The zero-order valence-electron chi connectivity index (χ0n) is 13.6. The van der Waals surface area contributed by atoms with Gasteiger partial charge in [0.1, 0.15) is 0 Å². The van der Waals surface area contributed by atoms with Gasteiger partial charge in [0, 0.05) is 12.7 Å². The summed E-state index contributed by atoms with van der Waals surface area (Å²) >= 11 is 0.922. The summed E-state index contributed by atoms with van der Waals surface area (Å²) in [5, 5.41) is 8.85. The molecule has 24 heavy (non-hydrogen) atoms. The number of hydrogen-bond donors (Lipinski definition) is 1. The lowest BCUT2D eigenvalue weighted by molar-refractivity contribution is -0.147. The summed E-state index contributed by atoms with van der Waals surface area (Å²) in [6.45, 7) is 5.38. The number of aromatic nitrogens is 3. The van der Waals surface area contributed by atoms with Crippen molar-refractivity contribution >= 4 is 23.4 Å². The summed E-state index contributed by atoms with van der Waals surface area (Å²) in [6, 6.07) is 5.66. The Bertz CT molecular complexity index is 758. The second-order valence-corrected chi connectivity index (χ2v) is 6.74. The number of carbonyl (C=O) groups excluding carboxylic acids is 1. The van der Waals surface area contributed by atoms with Gasteiger partial charge in [-0.3, -0.25) is 4.79 Å². The highest BCUT2D eigenvalue weighted by Crippen LogP contribution is 2.31. The van der Waals surface area contributed by atoms with Crippen molar-refractivity contribution in [3.05, 3.63) is 35.2 Å². The minimum atomic E-state index is -4.58. The van der Waals surface area contributed by atoms with Crippen LogP contribution in [0.3, 0.4) is 0 Å². The number of rotatable bonds is 4. The van der Waals surface area contributed by atoms with Crippen molar-refractivity contribution in [3.63, 3.8) is 0 Å². The molecule has 2 rings (SSSR count). The zero-order valence-corrected chi connectivity index (χ0v) is 14.4. The smallest absolute Gasteiger partial charge is 0.325 e. The number of hydrogen-bond acceptors (Lipinski definition) is 4. The standard InChI is InChI=1S/C15H17F3N4OS/c1-8-5-6-9(2)11(7-8)19-12(23)10(3)24-14-21-20-13(22(14)4)15(16,17)18/h5-7,10H,1-4H3,(H,19,23)/t10-/m0/s1. The summed E-state index contributed by atoms with van der Waals surface area (Å²) < 4.78 is 39.0. The van der Waals surface area contributed by atoms with Crippen molar-refractivity contribution in [3.8, 4) is 0 Å². The van der Waals surface area contributed by atoms with E-state index >= 15 is 0 Å². The van der Waals surface area contributed by atoms with E-state index in [2.05, 4.69) is 15.5 Å². The minimum absolute atomic E-state index is 0.0333. The maximum atomic E-state index is 12.7. The molecule has 2 aromatic rings. The van der Waals surface area contributed by atoms with E-state index in [0.717, 1.165) is 27.5 Å². The van der Waals surface area contributed by atoms with Crippen LogP contribution in [0.4, 0.5) is 18.9 Å². The predicted molar refractivity (Wildman–Crippen MR) is 85.9 cm³/mol. The van der Waals surface area contributed by atoms with Gasteiger partial charge in [0.15, 0.2) is 5.16 Å². The first-order valence-electron chi connectivity index (χ1n) is 7.11. The minimum Gasteiger partial charge on any atom is -0.325 e. The fourth-order valence-electron chi connectivity index (χ4n) is 1.98. The lowest BCUT2D eigenvalue weighted by Crippen LogP contribution is -2.23. The first-order chi connectivity index (χ1) is 11.1. The van der Waals surface area contributed by atoms with Gasteiger partial charge in [-0.2, -0.15) is 13.2 Å². The van der Waals surface area contributed by atoms with E-state index in [1.165, 1.54) is 7.05 Å².